The van der Waals surface area contributed by atoms with E-state index in [2.05, 4.69) is 10.4 Å². The van der Waals surface area contributed by atoms with Crippen molar-refractivity contribution in [1.82, 2.24) is 9.78 Å². The number of benzene rings is 1. The maximum Gasteiger partial charge on any atom is 0.319 e. The number of aromatic nitrogens is 2. The Morgan fingerprint density at radius 1 is 1.27 bits per heavy atom. The second kappa shape index (κ2) is 4.98. The van der Waals surface area contributed by atoms with Crippen molar-refractivity contribution in [2.45, 2.75) is 26.7 Å². The van der Waals surface area contributed by atoms with Crippen LogP contribution in [0.1, 0.15) is 24.2 Å². The molecule has 22 heavy (non-hydrogen) atoms. The van der Waals surface area contributed by atoms with E-state index in [0.717, 1.165) is 17.1 Å². The quantitative estimate of drug-likeness (QED) is 0.848. The van der Waals surface area contributed by atoms with E-state index in [-0.39, 0.29) is 0 Å². The highest BCUT2D eigenvalue weighted by molar-refractivity contribution is 6.10. The minimum Gasteiger partial charge on any atom is -0.480 e. The lowest BCUT2D eigenvalue weighted by Gasteiger charge is -2.12. The van der Waals surface area contributed by atoms with Crippen molar-refractivity contribution < 1.29 is 14.7 Å². The van der Waals surface area contributed by atoms with Crippen molar-refractivity contribution in [2.75, 3.05) is 5.32 Å². The van der Waals surface area contributed by atoms with Gasteiger partial charge in [-0.2, -0.15) is 5.10 Å². The first-order chi connectivity index (χ1) is 10.4. The summed E-state index contributed by atoms with van der Waals surface area (Å²) in [7, 11) is 0. The van der Waals surface area contributed by atoms with Crippen molar-refractivity contribution in [1.29, 1.82) is 0 Å². The standard InChI is InChI=1S/C16H17N3O3/c1-10-8-11(2)19(18-10)13-5-3-4-12(9-13)17-14(20)16(6-7-16)15(21)22/h3-5,8-9H,6-7H2,1-2H3,(H,17,20)(H,21,22). The Kier molecular flexibility index (Phi) is 3.24. The summed E-state index contributed by atoms with van der Waals surface area (Å²) in [5, 5.41) is 16.3. The summed E-state index contributed by atoms with van der Waals surface area (Å²) in [5.74, 6) is -1.51. The summed E-state index contributed by atoms with van der Waals surface area (Å²) < 4.78 is 1.79. The third kappa shape index (κ3) is 2.36. The van der Waals surface area contributed by atoms with Crippen molar-refractivity contribution in [3.05, 3.63) is 41.7 Å². The van der Waals surface area contributed by atoms with Crippen LogP contribution in [-0.4, -0.2) is 26.8 Å². The van der Waals surface area contributed by atoms with Crippen LogP contribution in [0.25, 0.3) is 5.69 Å². The molecule has 0 unspecified atom stereocenters. The lowest BCUT2D eigenvalue weighted by molar-refractivity contribution is -0.147. The van der Waals surface area contributed by atoms with Crippen LogP contribution in [0.15, 0.2) is 30.3 Å². The molecule has 0 bridgehead atoms. The first-order valence-corrected chi connectivity index (χ1v) is 7.11. The highest BCUT2D eigenvalue weighted by atomic mass is 16.4. The van der Waals surface area contributed by atoms with Gasteiger partial charge >= 0.3 is 5.97 Å². The number of nitrogens with one attached hydrogen (secondary N) is 1. The van der Waals surface area contributed by atoms with Gasteiger partial charge in [0.2, 0.25) is 5.91 Å². The Balaban J connectivity index is 1.85. The molecular formula is C16H17N3O3. The van der Waals surface area contributed by atoms with Crippen molar-refractivity contribution in [2.24, 2.45) is 5.41 Å². The number of carboxylic acids is 1. The van der Waals surface area contributed by atoms with Crippen LogP contribution in [0.4, 0.5) is 5.69 Å². The molecule has 1 heterocycles. The van der Waals surface area contributed by atoms with Crippen LogP contribution in [-0.2, 0) is 9.59 Å². The Morgan fingerprint density at radius 3 is 2.55 bits per heavy atom. The van der Waals surface area contributed by atoms with Gasteiger partial charge in [-0.3, -0.25) is 9.59 Å². The lowest BCUT2D eigenvalue weighted by atomic mass is 10.1. The molecule has 1 saturated carbocycles. The molecule has 1 aromatic carbocycles. The molecule has 6 nitrogen and oxygen atoms in total. The van der Waals surface area contributed by atoms with E-state index in [4.69, 9.17) is 5.11 Å². The van der Waals surface area contributed by atoms with Crippen LogP contribution >= 0.6 is 0 Å². The normalized spacial score (nSPS) is 15.4. The third-order valence-corrected chi connectivity index (χ3v) is 3.95. The highest BCUT2D eigenvalue weighted by Crippen LogP contribution is 2.46. The topological polar surface area (TPSA) is 84.2 Å². The van der Waals surface area contributed by atoms with Gasteiger partial charge in [0.05, 0.1) is 11.4 Å². The Labute approximate surface area is 127 Å². The van der Waals surface area contributed by atoms with E-state index in [0.29, 0.717) is 18.5 Å². The summed E-state index contributed by atoms with van der Waals surface area (Å²) >= 11 is 0. The predicted molar refractivity (Wildman–Crippen MR) is 81.0 cm³/mol. The van der Waals surface area contributed by atoms with Gasteiger partial charge in [-0.05, 0) is 51.0 Å². The molecular weight excluding hydrogens is 282 g/mol. The number of amides is 1. The molecule has 0 radical (unpaired) electrons. The molecule has 114 valence electrons. The SMILES string of the molecule is Cc1cc(C)n(-c2cccc(NC(=O)C3(C(=O)O)CC3)c2)n1. The Hall–Kier alpha value is -2.63. The lowest BCUT2D eigenvalue weighted by Crippen LogP contribution is -2.31. The monoisotopic (exact) mass is 299 g/mol. The molecule has 3 rings (SSSR count). The maximum absolute atomic E-state index is 12.1. The number of aliphatic carboxylic acids is 1. The first kappa shape index (κ1) is 14.3. The van der Waals surface area contributed by atoms with E-state index < -0.39 is 17.3 Å². The Bertz CT molecular complexity index is 760. The predicted octanol–water partition coefficient (Wildman–Crippen LogP) is 2.29. The van der Waals surface area contributed by atoms with Gasteiger partial charge in [0, 0.05) is 11.4 Å². The van der Waals surface area contributed by atoms with Gasteiger partial charge < -0.3 is 10.4 Å². The second-order valence-electron chi connectivity index (χ2n) is 5.73. The number of carbonyl (C=O) groups is 2. The minimum absolute atomic E-state index is 0.394. The molecule has 1 aliphatic carbocycles. The van der Waals surface area contributed by atoms with E-state index in [1.165, 1.54) is 0 Å². The number of carboxylic acid groups (broad SMARTS) is 1. The number of rotatable bonds is 4. The van der Waals surface area contributed by atoms with Gasteiger partial charge in [-0.1, -0.05) is 6.07 Å². The summed E-state index contributed by atoms with van der Waals surface area (Å²) in [6, 6.07) is 9.19. The van der Waals surface area contributed by atoms with E-state index in [9.17, 15) is 9.59 Å². The fourth-order valence-corrected chi connectivity index (χ4v) is 2.52. The minimum atomic E-state index is -1.24. The molecule has 1 fully saturated rings. The van der Waals surface area contributed by atoms with E-state index in [1.807, 2.05) is 32.0 Å². The average molecular weight is 299 g/mol. The largest absolute Gasteiger partial charge is 0.480 e. The third-order valence-electron chi connectivity index (χ3n) is 3.95. The average Bonchev–Trinajstić information content (AvgIpc) is 3.20. The van der Waals surface area contributed by atoms with Crippen LogP contribution in [0.2, 0.25) is 0 Å². The molecule has 0 aliphatic heterocycles. The van der Waals surface area contributed by atoms with Crippen LogP contribution < -0.4 is 5.32 Å². The van der Waals surface area contributed by atoms with Crippen molar-refractivity contribution in [3.63, 3.8) is 0 Å². The smallest absolute Gasteiger partial charge is 0.319 e. The highest BCUT2D eigenvalue weighted by Gasteiger charge is 2.57. The fourth-order valence-electron chi connectivity index (χ4n) is 2.52. The van der Waals surface area contributed by atoms with Gasteiger partial charge in [0.15, 0.2) is 0 Å². The van der Waals surface area contributed by atoms with Crippen LogP contribution in [0.3, 0.4) is 0 Å². The number of hydrogen-bond acceptors (Lipinski definition) is 3. The summed E-state index contributed by atoms with van der Waals surface area (Å²) in [6.07, 6.45) is 0.788. The zero-order chi connectivity index (χ0) is 15.9. The van der Waals surface area contributed by atoms with Crippen molar-refractivity contribution in [3.8, 4) is 5.69 Å². The summed E-state index contributed by atoms with van der Waals surface area (Å²) in [4.78, 5) is 23.3. The molecule has 1 aliphatic rings. The summed E-state index contributed by atoms with van der Waals surface area (Å²) in [6.45, 7) is 3.87. The number of aryl methyl sites for hydroxylation is 2. The van der Waals surface area contributed by atoms with Crippen LogP contribution in [0, 0.1) is 19.3 Å². The van der Waals surface area contributed by atoms with Crippen LogP contribution in [0.5, 0.6) is 0 Å². The molecule has 0 atom stereocenters. The van der Waals surface area contributed by atoms with Gasteiger partial charge in [-0.25, -0.2) is 4.68 Å². The first-order valence-electron chi connectivity index (χ1n) is 7.11. The van der Waals surface area contributed by atoms with Gasteiger partial charge in [0.1, 0.15) is 5.41 Å². The summed E-state index contributed by atoms with van der Waals surface area (Å²) in [5.41, 5.74) is 2.06. The zero-order valence-corrected chi connectivity index (χ0v) is 12.5. The number of anilines is 1. The zero-order valence-electron chi connectivity index (χ0n) is 12.5. The molecule has 2 N–H and O–H groups in total. The number of nitrogens with zero attached hydrogens (tertiary/aromatic N) is 2. The molecule has 6 heteroatoms. The molecule has 1 aromatic heterocycles. The molecule has 1 amide bonds. The molecule has 2 aromatic rings. The number of hydrogen-bond donors (Lipinski definition) is 2. The van der Waals surface area contributed by atoms with Gasteiger partial charge in [-0.15, -0.1) is 0 Å². The fraction of sp³-hybridized carbons (Fsp3) is 0.312. The molecule has 0 spiro atoms. The Morgan fingerprint density at radius 2 is 2.00 bits per heavy atom. The molecule has 0 saturated heterocycles. The van der Waals surface area contributed by atoms with E-state index in [1.54, 1.807) is 16.8 Å². The van der Waals surface area contributed by atoms with Crippen molar-refractivity contribution >= 4 is 17.6 Å². The number of carbonyl (C=O) groups excluding carboxylic acids is 1. The van der Waals surface area contributed by atoms with Gasteiger partial charge in [0.25, 0.3) is 0 Å². The second-order valence-corrected chi connectivity index (χ2v) is 5.73. The van der Waals surface area contributed by atoms with E-state index >= 15 is 0 Å². The maximum atomic E-state index is 12.1.